The Morgan fingerprint density at radius 3 is 2.57 bits per heavy atom. The highest BCUT2D eigenvalue weighted by atomic mass is 35.5. The molecule has 1 atom stereocenters. The summed E-state index contributed by atoms with van der Waals surface area (Å²) in [6.45, 7) is 0. The topological polar surface area (TPSA) is 64.6 Å². The Bertz CT molecular complexity index is 1590. The van der Waals surface area contributed by atoms with Crippen LogP contribution in [-0.4, -0.2) is 18.9 Å². The maximum Gasteiger partial charge on any atom is 0.343 e. The predicted molar refractivity (Wildman–Crippen MR) is 145 cm³/mol. The number of ether oxygens (including phenoxy) is 2. The highest BCUT2D eigenvalue weighted by molar-refractivity contribution is 6.30. The molecular weight excluding hydrogens is 486 g/mol. The van der Waals surface area contributed by atoms with Gasteiger partial charge in [-0.15, -0.1) is 0 Å². The minimum atomic E-state index is -0.508. The molecule has 1 aliphatic heterocycles. The number of methoxy groups -OCH3 is 1. The monoisotopic (exact) mass is 509 g/mol. The first kappa shape index (κ1) is 23.3. The van der Waals surface area contributed by atoms with Gasteiger partial charge < -0.3 is 14.8 Å². The van der Waals surface area contributed by atoms with E-state index < -0.39 is 5.97 Å². The molecule has 2 aliphatic rings. The van der Waals surface area contributed by atoms with Crippen molar-refractivity contribution >= 4 is 45.4 Å². The van der Waals surface area contributed by atoms with Gasteiger partial charge in [0.25, 0.3) is 0 Å². The molecule has 1 aliphatic carbocycles. The average Bonchev–Trinajstić information content (AvgIpc) is 2.93. The van der Waals surface area contributed by atoms with Crippen LogP contribution in [-0.2, 0) is 4.79 Å². The van der Waals surface area contributed by atoms with Crippen molar-refractivity contribution < 1.29 is 19.1 Å². The van der Waals surface area contributed by atoms with E-state index in [0.29, 0.717) is 28.5 Å². The molecule has 0 fully saturated rings. The van der Waals surface area contributed by atoms with Gasteiger partial charge >= 0.3 is 5.97 Å². The largest absolute Gasteiger partial charge is 0.493 e. The number of hydrogen-bond acceptors (Lipinski definition) is 5. The summed E-state index contributed by atoms with van der Waals surface area (Å²) in [5.41, 5.74) is 5.31. The maximum absolute atomic E-state index is 13.3. The van der Waals surface area contributed by atoms with Crippen molar-refractivity contribution in [1.29, 1.82) is 0 Å². The number of rotatable bonds is 4. The fraction of sp³-hybridized carbons (Fsp3) is 0.161. The number of ketones is 1. The number of esters is 1. The van der Waals surface area contributed by atoms with Gasteiger partial charge in [0.2, 0.25) is 0 Å². The predicted octanol–water partition coefficient (Wildman–Crippen LogP) is 7.39. The molecular formula is C31H24ClNO4. The van der Waals surface area contributed by atoms with Crippen molar-refractivity contribution in [2.75, 3.05) is 12.4 Å². The Kier molecular flexibility index (Phi) is 5.93. The highest BCUT2D eigenvalue weighted by Gasteiger charge is 2.35. The summed E-state index contributed by atoms with van der Waals surface area (Å²) in [6.07, 6.45) is 2.23. The first-order chi connectivity index (χ1) is 18.0. The number of carbonyl (C=O) groups excluding carboxylic acids is 2. The van der Waals surface area contributed by atoms with Crippen LogP contribution in [0.4, 0.5) is 5.69 Å². The molecule has 0 aromatic heterocycles. The minimum absolute atomic E-state index is 0.162. The van der Waals surface area contributed by atoms with Crippen molar-refractivity contribution in [2.45, 2.75) is 25.3 Å². The molecule has 0 radical (unpaired) electrons. The van der Waals surface area contributed by atoms with Crippen molar-refractivity contribution in [3.05, 3.63) is 106 Å². The zero-order valence-corrected chi connectivity index (χ0v) is 21.0. The molecule has 4 aromatic rings. The fourth-order valence-electron chi connectivity index (χ4n) is 5.35. The number of anilines is 1. The zero-order valence-electron chi connectivity index (χ0n) is 20.2. The summed E-state index contributed by atoms with van der Waals surface area (Å²) in [4.78, 5) is 26.0. The molecule has 0 saturated heterocycles. The normalized spacial score (nSPS) is 16.6. The summed E-state index contributed by atoms with van der Waals surface area (Å²) in [6, 6.07) is 24.1. The van der Waals surface area contributed by atoms with E-state index in [9.17, 15) is 9.59 Å². The molecule has 0 bridgehead atoms. The van der Waals surface area contributed by atoms with Crippen molar-refractivity contribution in [2.24, 2.45) is 0 Å². The molecule has 1 N–H and O–H groups in total. The van der Waals surface area contributed by atoms with Crippen LogP contribution < -0.4 is 14.8 Å². The molecule has 37 heavy (non-hydrogen) atoms. The number of fused-ring (bicyclic) bond motifs is 4. The molecule has 6 rings (SSSR count). The number of carbonyl (C=O) groups is 2. The van der Waals surface area contributed by atoms with Crippen LogP contribution >= 0.6 is 11.6 Å². The standard InChI is InChI=1S/C31H24ClNO4/c1-36-27-17-20(12-16-26(27)37-31(35)19-9-13-21(32)14-10-19)30-29-23(7-4-8-25(29)34)28-22-6-3-2-5-18(22)11-15-24(28)33-30/h2-3,5-6,9-17,30,33H,4,7-8H2,1H3/t30-/m1/s1. The van der Waals surface area contributed by atoms with E-state index in [4.69, 9.17) is 21.1 Å². The van der Waals surface area contributed by atoms with Crippen molar-refractivity contribution in [3.63, 3.8) is 0 Å². The second kappa shape index (κ2) is 9.41. The lowest BCUT2D eigenvalue weighted by atomic mass is 9.77. The highest BCUT2D eigenvalue weighted by Crippen LogP contribution is 2.48. The second-order valence-electron chi connectivity index (χ2n) is 9.26. The fourth-order valence-corrected chi connectivity index (χ4v) is 5.47. The lowest BCUT2D eigenvalue weighted by Gasteiger charge is -2.35. The number of Topliss-reactive ketones (excluding diaryl/α,β-unsaturated/α-hetero) is 1. The van der Waals surface area contributed by atoms with Crippen LogP contribution in [0.2, 0.25) is 5.02 Å². The molecule has 1 heterocycles. The Balaban J connectivity index is 1.40. The summed E-state index contributed by atoms with van der Waals surface area (Å²) in [5, 5.41) is 6.46. The molecule has 4 aromatic carbocycles. The van der Waals surface area contributed by atoms with Crippen LogP contribution in [0.5, 0.6) is 11.5 Å². The third kappa shape index (κ3) is 4.15. The van der Waals surface area contributed by atoms with Gasteiger partial charge in [-0.1, -0.05) is 48.0 Å². The maximum atomic E-state index is 13.3. The molecule has 0 spiro atoms. The zero-order chi connectivity index (χ0) is 25.5. The molecule has 5 nitrogen and oxygen atoms in total. The third-order valence-corrected chi connectivity index (χ3v) is 7.33. The minimum Gasteiger partial charge on any atom is -0.493 e. The Hall–Kier alpha value is -4.09. The summed E-state index contributed by atoms with van der Waals surface area (Å²) >= 11 is 5.93. The van der Waals surface area contributed by atoms with E-state index >= 15 is 0 Å². The average molecular weight is 510 g/mol. The van der Waals surface area contributed by atoms with E-state index in [2.05, 4.69) is 29.6 Å². The van der Waals surface area contributed by atoms with Crippen molar-refractivity contribution in [1.82, 2.24) is 0 Å². The Labute approximate surface area is 219 Å². The quantitative estimate of drug-likeness (QED) is 0.229. The smallest absolute Gasteiger partial charge is 0.343 e. The molecule has 0 unspecified atom stereocenters. The van der Waals surface area contributed by atoms with Crippen LogP contribution in [0.3, 0.4) is 0 Å². The lowest BCUT2D eigenvalue weighted by Crippen LogP contribution is -2.27. The summed E-state index contributed by atoms with van der Waals surface area (Å²) < 4.78 is 11.2. The number of halogens is 1. The van der Waals surface area contributed by atoms with E-state index in [1.807, 2.05) is 24.3 Å². The van der Waals surface area contributed by atoms with Gasteiger partial charge in [0.05, 0.1) is 18.7 Å². The molecule has 0 amide bonds. The van der Waals surface area contributed by atoms with Crippen LogP contribution in [0.25, 0.3) is 16.3 Å². The van der Waals surface area contributed by atoms with E-state index in [0.717, 1.165) is 51.6 Å². The van der Waals surface area contributed by atoms with Crippen LogP contribution in [0.1, 0.15) is 46.8 Å². The van der Waals surface area contributed by atoms with Gasteiger partial charge in [-0.25, -0.2) is 4.79 Å². The second-order valence-corrected chi connectivity index (χ2v) is 9.70. The van der Waals surface area contributed by atoms with Gasteiger partial charge in [-0.3, -0.25) is 4.79 Å². The van der Waals surface area contributed by atoms with Gasteiger partial charge in [0, 0.05) is 28.3 Å². The van der Waals surface area contributed by atoms with E-state index in [-0.39, 0.29) is 11.8 Å². The number of nitrogens with one attached hydrogen (secondary N) is 1. The lowest BCUT2D eigenvalue weighted by molar-refractivity contribution is -0.116. The Morgan fingerprint density at radius 2 is 1.76 bits per heavy atom. The first-order valence-corrected chi connectivity index (χ1v) is 12.6. The summed E-state index contributed by atoms with van der Waals surface area (Å²) in [7, 11) is 1.53. The molecule has 184 valence electrons. The molecule has 6 heteroatoms. The number of allylic oxidation sites excluding steroid dienone is 1. The van der Waals surface area contributed by atoms with Gasteiger partial charge in [0.15, 0.2) is 17.3 Å². The first-order valence-electron chi connectivity index (χ1n) is 12.2. The van der Waals surface area contributed by atoms with Crippen LogP contribution in [0.15, 0.2) is 84.4 Å². The van der Waals surface area contributed by atoms with Gasteiger partial charge in [-0.05, 0) is 77.2 Å². The van der Waals surface area contributed by atoms with E-state index in [1.165, 1.54) is 7.11 Å². The third-order valence-electron chi connectivity index (χ3n) is 7.08. The number of benzene rings is 4. The van der Waals surface area contributed by atoms with Crippen molar-refractivity contribution in [3.8, 4) is 11.5 Å². The number of hydrogen-bond donors (Lipinski definition) is 1. The SMILES string of the molecule is COc1cc([C@H]2Nc3ccc4ccccc4c3C3=C2C(=O)CCC3)ccc1OC(=O)c1ccc(Cl)cc1. The van der Waals surface area contributed by atoms with E-state index in [1.54, 1.807) is 30.3 Å². The summed E-state index contributed by atoms with van der Waals surface area (Å²) in [5.74, 6) is 0.371. The van der Waals surface area contributed by atoms with Gasteiger partial charge in [-0.2, -0.15) is 0 Å². The molecule has 0 saturated carbocycles. The Morgan fingerprint density at radius 1 is 0.946 bits per heavy atom. The van der Waals surface area contributed by atoms with Crippen LogP contribution in [0, 0.1) is 0 Å². The van der Waals surface area contributed by atoms with Gasteiger partial charge in [0.1, 0.15) is 0 Å².